The topological polar surface area (TPSA) is 64.6 Å². The largest absolute Gasteiger partial charge is 0.497 e. The first kappa shape index (κ1) is 17.7. The molecule has 24 heavy (non-hydrogen) atoms. The summed E-state index contributed by atoms with van der Waals surface area (Å²) in [6, 6.07) is 10.3. The number of halogens is 2. The Balaban J connectivity index is 2.01. The summed E-state index contributed by atoms with van der Waals surface area (Å²) in [5, 5.41) is 2.75. The smallest absolute Gasteiger partial charge is 0.341 e. The molecule has 126 valence electrons. The second-order valence-corrected chi connectivity index (χ2v) is 5.33. The molecule has 0 aliphatic carbocycles. The Morgan fingerprint density at radius 1 is 1.21 bits per heavy atom. The van der Waals surface area contributed by atoms with Crippen molar-refractivity contribution in [2.75, 3.05) is 12.4 Å². The van der Waals surface area contributed by atoms with Crippen LogP contribution in [0.1, 0.15) is 17.3 Å². The number of ether oxygens (including phenoxy) is 2. The molecule has 0 spiro atoms. The number of amides is 1. The third-order valence-corrected chi connectivity index (χ3v) is 3.38. The van der Waals surface area contributed by atoms with E-state index in [9.17, 15) is 14.0 Å². The van der Waals surface area contributed by atoms with Crippen molar-refractivity contribution in [2.24, 2.45) is 0 Å². The summed E-state index contributed by atoms with van der Waals surface area (Å²) in [7, 11) is 1.51. The average Bonchev–Trinajstić information content (AvgIpc) is 2.54. The second-order valence-electron chi connectivity index (χ2n) is 4.89. The van der Waals surface area contributed by atoms with Crippen molar-refractivity contribution < 1.29 is 23.5 Å². The van der Waals surface area contributed by atoms with Crippen LogP contribution in [0.15, 0.2) is 42.5 Å². The van der Waals surface area contributed by atoms with Crippen LogP contribution in [0, 0.1) is 5.82 Å². The van der Waals surface area contributed by atoms with Gasteiger partial charge in [0.15, 0.2) is 6.10 Å². The number of hydrogen-bond acceptors (Lipinski definition) is 4. The second kappa shape index (κ2) is 7.79. The minimum Gasteiger partial charge on any atom is -0.497 e. The molecule has 0 unspecified atom stereocenters. The van der Waals surface area contributed by atoms with Crippen LogP contribution in [-0.2, 0) is 9.53 Å². The summed E-state index contributed by atoms with van der Waals surface area (Å²) in [6.45, 7) is 1.39. The molecule has 2 rings (SSSR count). The van der Waals surface area contributed by atoms with Crippen molar-refractivity contribution >= 4 is 29.2 Å². The maximum atomic E-state index is 13.7. The summed E-state index contributed by atoms with van der Waals surface area (Å²) in [5.74, 6) is -1.74. The minimum absolute atomic E-state index is 0.160. The third-order valence-electron chi connectivity index (χ3n) is 3.14. The Bertz CT molecular complexity index is 766. The third kappa shape index (κ3) is 4.45. The Kier molecular flexibility index (Phi) is 5.76. The molecule has 0 saturated heterocycles. The fourth-order valence-electron chi connectivity index (χ4n) is 1.88. The Labute approximate surface area is 143 Å². The lowest BCUT2D eigenvalue weighted by atomic mass is 10.2. The monoisotopic (exact) mass is 351 g/mol. The normalized spacial score (nSPS) is 11.5. The number of rotatable bonds is 5. The molecule has 1 amide bonds. The molecule has 2 aromatic rings. The lowest BCUT2D eigenvalue weighted by Crippen LogP contribution is -2.30. The van der Waals surface area contributed by atoms with Crippen LogP contribution in [0.2, 0.25) is 5.02 Å². The molecule has 0 fully saturated rings. The van der Waals surface area contributed by atoms with E-state index in [-0.39, 0.29) is 10.6 Å². The number of methoxy groups -OCH3 is 1. The number of nitrogens with one attached hydrogen (secondary N) is 1. The lowest BCUT2D eigenvalue weighted by molar-refractivity contribution is -0.123. The molecule has 0 saturated carbocycles. The van der Waals surface area contributed by atoms with Crippen molar-refractivity contribution in [1.82, 2.24) is 0 Å². The molecule has 0 aromatic heterocycles. The van der Waals surface area contributed by atoms with Crippen LogP contribution in [0.3, 0.4) is 0 Å². The highest BCUT2D eigenvalue weighted by molar-refractivity contribution is 6.30. The first-order valence-electron chi connectivity index (χ1n) is 7.01. The van der Waals surface area contributed by atoms with E-state index in [1.165, 1.54) is 26.2 Å². The molecular weight excluding hydrogens is 337 g/mol. The fourth-order valence-corrected chi connectivity index (χ4v) is 2.04. The van der Waals surface area contributed by atoms with Gasteiger partial charge in [0.25, 0.3) is 5.91 Å². The zero-order valence-electron chi connectivity index (χ0n) is 13.0. The van der Waals surface area contributed by atoms with Crippen LogP contribution in [-0.4, -0.2) is 25.1 Å². The van der Waals surface area contributed by atoms with E-state index in [0.29, 0.717) is 11.4 Å². The molecule has 0 radical (unpaired) electrons. The first-order chi connectivity index (χ1) is 11.4. The summed E-state index contributed by atoms with van der Waals surface area (Å²) in [6.07, 6.45) is -1.11. The molecule has 0 aliphatic heterocycles. The van der Waals surface area contributed by atoms with Gasteiger partial charge < -0.3 is 14.8 Å². The van der Waals surface area contributed by atoms with E-state index < -0.39 is 23.8 Å². The Morgan fingerprint density at radius 2 is 1.96 bits per heavy atom. The number of carbonyl (C=O) groups excluding carboxylic acids is 2. The number of anilines is 1. The van der Waals surface area contributed by atoms with E-state index in [4.69, 9.17) is 21.1 Å². The van der Waals surface area contributed by atoms with Gasteiger partial charge in [-0.25, -0.2) is 9.18 Å². The molecule has 2 aromatic carbocycles. The SMILES string of the molecule is COc1cccc(NC(=O)[C@H](C)OC(=O)c2ccc(Cl)cc2F)c1. The molecular formula is C17H15ClFNO4. The average molecular weight is 352 g/mol. The summed E-state index contributed by atoms with van der Waals surface area (Å²) < 4.78 is 23.7. The van der Waals surface area contributed by atoms with Gasteiger partial charge in [-0.05, 0) is 37.3 Å². The van der Waals surface area contributed by atoms with E-state index in [1.54, 1.807) is 24.3 Å². The molecule has 7 heteroatoms. The van der Waals surface area contributed by atoms with E-state index >= 15 is 0 Å². The van der Waals surface area contributed by atoms with Crippen LogP contribution >= 0.6 is 11.6 Å². The van der Waals surface area contributed by atoms with Gasteiger partial charge in [0.2, 0.25) is 0 Å². The van der Waals surface area contributed by atoms with Gasteiger partial charge in [-0.15, -0.1) is 0 Å². The zero-order valence-corrected chi connectivity index (χ0v) is 13.8. The summed E-state index contributed by atoms with van der Waals surface area (Å²) >= 11 is 5.63. The van der Waals surface area contributed by atoms with Crippen LogP contribution in [0.5, 0.6) is 5.75 Å². The highest BCUT2D eigenvalue weighted by Gasteiger charge is 2.21. The van der Waals surface area contributed by atoms with E-state index in [1.807, 2.05) is 0 Å². The van der Waals surface area contributed by atoms with Crippen molar-refractivity contribution in [1.29, 1.82) is 0 Å². The predicted molar refractivity (Wildman–Crippen MR) is 87.9 cm³/mol. The summed E-state index contributed by atoms with van der Waals surface area (Å²) in [5.41, 5.74) is 0.195. The van der Waals surface area contributed by atoms with Crippen LogP contribution < -0.4 is 10.1 Å². The highest BCUT2D eigenvalue weighted by atomic mass is 35.5. The minimum atomic E-state index is -1.11. The van der Waals surface area contributed by atoms with Gasteiger partial charge in [-0.2, -0.15) is 0 Å². The zero-order chi connectivity index (χ0) is 17.7. The van der Waals surface area contributed by atoms with Gasteiger partial charge in [-0.1, -0.05) is 17.7 Å². The van der Waals surface area contributed by atoms with Crippen LogP contribution in [0.25, 0.3) is 0 Å². The number of hydrogen-bond donors (Lipinski definition) is 1. The maximum Gasteiger partial charge on any atom is 0.341 e. The van der Waals surface area contributed by atoms with Gasteiger partial charge >= 0.3 is 5.97 Å². The van der Waals surface area contributed by atoms with Crippen molar-refractivity contribution in [3.63, 3.8) is 0 Å². The predicted octanol–water partition coefficient (Wildman–Crippen LogP) is 3.67. The fraction of sp³-hybridized carbons (Fsp3) is 0.176. The van der Waals surface area contributed by atoms with E-state index in [0.717, 1.165) is 6.07 Å². The molecule has 1 atom stereocenters. The lowest BCUT2D eigenvalue weighted by Gasteiger charge is -2.14. The summed E-state index contributed by atoms with van der Waals surface area (Å²) in [4.78, 5) is 24.0. The molecule has 0 aliphatic rings. The number of benzene rings is 2. The Hall–Kier alpha value is -2.60. The molecule has 0 heterocycles. The first-order valence-corrected chi connectivity index (χ1v) is 7.39. The van der Waals surface area contributed by atoms with Crippen molar-refractivity contribution in [3.05, 3.63) is 58.9 Å². The van der Waals surface area contributed by atoms with Crippen molar-refractivity contribution in [3.8, 4) is 5.75 Å². The standard InChI is InChI=1S/C17H15ClFNO4/c1-10(16(21)20-12-4-3-5-13(9-12)23-2)24-17(22)14-7-6-11(18)8-15(14)19/h3-10H,1-2H3,(H,20,21)/t10-/m0/s1. The van der Waals surface area contributed by atoms with Gasteiger partial charge in [0.1, 0.15) is 11.6 Å². The molecule has 1 N–H and O–H groups in total. The number of esters is 1. The highest BCUT2D eigenvalue weighted by Crippen LogP contribution is 2.18. The number of carbonyl (C=O) groups is 2. The maximum absolute atomic E-state index is 13.7. The Morgan fingerprint density at radius 3 is 2.62 bits per heavy atom. The quantitative estimate of drug-likeness (QED) is 0.835. The van der Waals surface area contributed by atoms with Crippen molar-refractivity contribution in [2.45, 2.75) is 13.0 Å². The molecule has 0 bridgehead atoms. The van der Waals surface area contributed by atoms with Gasteiger partial charge in [0.05, 0.1) is 12.7 Å². The molecule has 5 nitrogen and oxygen atoms in total. The van der Waals surface area contributed by atoms with Crippen LogP contribution in [0.4, 0.5) is 10.1 Å². The van der Waals surface area contributed by atoms with Gasteiger partial charge in [0, 0.05) is 16.8 Å². The van der Waals surface area contributed by atoms with Gasteiger partial charge in [-0.3, -0.25) is 4.79 Å². The van der Waals surface area contributed by atoms with E-state index in [2.05, 4.69) is 5.32 Å².